The molecule has 1 amide bonds. The Balaban J connectivity index is 1.72. The van der Waals surface area contributed by atoms with Gasteiger partial charge < -0.3 is 5.32 Å². The number of nitrogens with one attached hydrogen (secondary N) is 1. The molecule has 0 radical (unpaired) electrons. The van der Waals surface area contributed by atoms with E-state index in [1.807, 2.05) is 43.3 Å². The van der Waals surface area contributed by atoms with Gasteiger partial charge in [-0.2, -0.15) is 4.31 Å². The van der Waals surface area contributed by atoms with Crippen molar-refractivity contribution in [1.29, 1.82) is 0 Å². The van der Waals surface area contributed by atoms with Crippen LogP contribution in [0.25, 0.3) is 0 Å². The van der Waals surface area contributed by atoms with Gasteiger partial charge in [0.05, 0.1) is 0 Å². The highest BCUT2D eigenvalue weighted by Gasteiger charge is 2.39. The van der Waals surface area contributed by atoms with Crippen LogP contribution in [0.5, 0.6) is 0 Å². The van der Waals surface area contributed by atoms with Gasteiger partial charge >= 0.3 is 0 Å². The lowest BCUT2D eigenvalue weighted by molar-refractivity contribution is -0.124. The number of sulfonamides is 1. The van der Waals surface area contributed by atoms with Gasteiger partial charge in [-0.05, 0) is 37.0 Å². The van der Waals surface area contributed by atoms with Crippen molar-refractivity contribution in [3.05, 3.63) is 52.9 Å². The molecule has 1 aliphatic rings. The molecule has 0 spiro atoms. The van der Waals surface area contributed by atoms with Gasteiger partial charge in [0.2, 0.25) is 5.91 Å². The van der Waals surface area contributed by atoms with Gasteiger partial charge in [0, 0.05) is 18.0 Å². The lowest BCUT2D eigenvalue weighted by Crippen LogP contribution is -2.45. The topological polar surface area (TPSA) is 66.5 Å². The van der Waals surface area contributed by atoms with Gasteiger partial charge in [0.1, 0.15) is 10.3 Å². The maximum absolute atomic E-state index is 12.9. The molecule has 0 aliphatic carbocycles. The first-order valence-electron chi connectivity index (χ1n) is 8.44. The summed E-state index contributed by atoms with van der Waals surface area (Å²) in [5.41, 5.74) is 0.995. The first kappa shape index (κ1) is 18.1. The molecule has 2 aromatic rings. The minimum absolute atomic E-state index is 0.225. The van der Waals surface area contributed by atoms with Crippen LogP contribution in [-0.2, 0) is 27.8 Å². The molecule has 1 aromatic heterocycles. The van der Waals surface area contributed by atoms with Crippen molar-refractivity contribution in [2.75, 3.05) is 6.54 Å². The molecule has 7 heteroatoms. The molecule has 25 heavy (non-hydrogen) atoms. The van der Waals surface area contributed by atoms with Crippen LogP contribution in [0.3, 0.4) is 0 Å². The Bertz CT molecular complexity index is 831. The normalized spacial score (nSPS) is 18.4. The van der Waals surface area contributed by atoms with Gasteiger partial charge in [-0.15, -0.1) is 11.3 Å². The van der Waals surface area contributed by atoms with Crippen LogP contribution in [0.2, 0.25) is 0 Å². The zero-order valence-electron chi connectivity index (χ0n) is 14.1. The van der Waals surface area contributed by atoms with Crippen molar-refractivity contribution in [1.82, 2.24) is 9.62 Å². The molecule has 134 valence electrons. The van der Waals surface area contributed by atoms with Crippen LogP contribution in [-0.4, -0.2) is 31.2 Å². The lowest BCUT2D eigenvalue weighted by atomic mass is 10.2. The Kier molecular flexibility index (Phi) is 5.56. The fourth-order valence-corrected chi connectivity index (χ4v) is 6.08. The second-order valence-electron chi connectivity index (χ2n) is 6.05. The average Bonchev–Trinajstić information content (AvgIpc) is 3.30. The van der Waals surface area contributed by atoms with Crippen LogP contribution >= 0.6 is 11.3 Å². The molecule has 1 N–H and O–H groups in total. The van der Waals surface area contributed by atoms with Gasteiger partial charge in [-0.25, -0.2) is 8.42 Å². The molecular formula is C18H22N2O3S2. The minimum atomic E-state index is -3.61. The van der Waals surface area contributed by atoms with E-state index in [1.54, 1.807) is 6.07 Å². The number of hydrogen-bond acceptors (Lipinski definition) is 4. The Morgan fingerprint density at radius 1 is 1.24 bits per heavy atom. The van der Waals surface area contributed by atoms with E-state index in [2.05, 4.69) is 5.32 Å². The van der Waals surface area contributed by atoms with Gasteiger partial charge in [0.25, 0.3) is 10.0 Å². The van der Waals surface area contributed by atoms with Crippen molar-refractivity contribution in [3.63, 3.8) is 0 Å². The van der Waals surface area contributed by atoms with Crippen molar-refractivity contribution in [2.24, 2.45) is 0 Å². The summed E-state index contributed by atoms with van der Waals surface area (Å²) in [5.74, 6) is -0.225. The molecule has 5 nitrogen and oxygen atoms in total. The number of thiophene rings is 1. The number of carbonyl (C=O) groups excluding carboxylic acids is 1. The SMILES string of the molecule is CCc1ccc(S(=O)(=O)N2CCC[C@@H]2C(=O)NCc2ccccc2)s1. The first-order valence-corrected chi connectivity index (χ1v) is 10.7. The molecule has 1 aliphatic heterocycles. The molecule has 0 bridgehead atoms. The van der Waals surface area contributed by atoms with E-state index in [-0.39, 0.29) is 5.91 Å². The highest BCUT2D eigenvalue weighted by molar-refractivity contribution is 7.91. The minimum Gasteiger partial charge on any atom is -0.351 e. The number of amides is 1. The van der Waals surface area contributed by atoms with Crippen LogP contribution in [0.1, 0.15) is 30.2 Å². The van der Waals surface area contributed by atoms with Crippen molar-refractivity contribution >= 4 is 27.3 Å². The van der Waals surface area contributed by atoms with Crippen LogP contribution in [0.15, 0.2) is 46.7 Å². The fraction of sp³-hybridized carbons (Fsp3) is 0.389. The Labute approximate surface area is 152 Å². The smallest absolute Gasteiger partial charge is 0.253 e. The molecule has 0 saturated carbocycles. The Hall–Kier alpha value is -1.70. The molecule has 1 aromatic carbocycles. The zero-order chi connectivity index (χ0) is 17.9. The predicted molar refractivity (Wildman–Crippen MR) is 98.9 cm³/mol. The molecule has 2 heterocycles. The van der Waals surface area contributed by atoms with E-state index in [0.29, 0.717) is 30.1 Å². The Morgan fingerprint density at radius 2 is 2.00 bits per heavy atom. The second kappa shape index (κ2) is 7.68. The summed E-state index contributed by atoms with van der Waals surface area (Å²) in [4.78, 5) is 13.6. The fourth-order valence-electron chi connectivity index (χ4n) is 3.00. The highest BCUT2D eigenvalue weighted by Crippen LogP contribution is 2.30. The maximum atomic E-state index is 12.9. The van der Waals surface area contributed by atoms with Crippen LogP contribution in [0.4, 0.5) is 0 Å². The maximum Gasteiger partial charge on any atom is 0.253 e. The third-order valence-corrected chi connectivity index (χ3v) is 7.97. The number of aryl methyl sites for hydroxylation is 1. The van der Waals surface area contributed by atoms with E-state index in [1.165, 1.54) is 15.6 Å². The second-order valence-corrected chi connectivity index (χ2v) is 9.34. The lowest BCUT2D eigenvalue weighted by Gasteiger charge is -2.22. The van der Waals surface area contributed by atoms with Crippen LogP contribution < -0.4 is 5.32 Å². The molecular weight excluding hydrogens is 356 g/mol. The van der Waals surface area contributed by atoms with E-state index >= 15 is 0 Å². The van der Waals surface area contributed by atoms with E-state index in [4.69, 9.17) is 0 Å². The van der Waals surface area contributed by atoms with Crippen molar-refractivity contribution in [2.45, 2.75) is 43.0 Å². The number of hydrogen-bond donors (Lipinski definition) is 1. The predicted octanol–water partition coefficient (Wildman–Crippen LogP) is 2.78. The summed E-state index contributed by atoms with van der Waals surface area (Å²) in [6, 6.07) is 12.5. The average molecular weight is 379 g/mol. The van der Waals surface area contributed by atoms with E-state index in [0.717, 1.165) is 16.9 Å². The first-order chi connectivity index (χ1) is 12.0. The summed E-state index contributed by atoms with van der Waals surface area (Å²) in [6.07, 6.45) is 2.07. The van der Waals surface area contributed by atoms with Crippen molar-refractivity contribution in [3.8, 4) is 0 Å². The summed E-state index contributed by atoms with van der Waals surface area (Å²) >= 11 is 1.29. The van der Waals surface area contributed by atoms with Gasteiger partial charge in [-0.3, -0.25) is 4.79 Å². The largest absolute Gasteiger partial charge is 0.351 e. The summed E-state index contributed by atoms with van der Waals surface area (Å²) in [7, 11) is -3.61. The van der Waals surface area contributed by atoms with Crippen molar-refractivity contribution < 1.29 is 13.2 Å². The standard InChI is InChI=1S/C18H22N2O3S2/c1-2-15-10-11-17(24-15)25(22,23)20-12-6-9-16(20)18(21)19-13-14-7-4-3-5-8-14/h3-5,7-8,10-11,16H,2,6,9,12-13H2,1H3,(H,19,21)/t16-/m1/s1. The molecule has 1 atom stereocenters. The molecule has 1 fully saturated rings. The van der Waals surface area contributed by atoms with Gasteiger partial charge in [0.15, 0.2) is 0 Å². The van der Waals surface area contributed by atoms with Gasteiger partial charge in [-0.1, -0.05) is 37.3 Å². The molecule has 1 saturated heterocycles. The van der Waals surface area contributed by atoms with E-state index < -0.39 is 16.1 Å². The Morgan fingerprint density at radius 3 is 2.68 bits per heavy atom. The summed E-state index contributed by atoms with van der Waals surface area (Å²) in [5, 5.41) is 2.87. The number of nitrogens with zero attached hydrogens (tertiary/aromatic N) is 1. The zero-order valence-corrected chi connectivity index (χ0v) is 15.8. The van der Waals surface area contributed by atoms with Crippen LogP contribution in [0, 0.1) is 0 Å². The quantitative estimate of drug-likeness (QED) is 0.840. The number of benzene rings is 1. The van der Waals surface area contributed by atoms with E-state index in [9.17, 15) is 13.2 Å². The third-order valence-electron chi connectivity index (χ3n) is 4.36. The molecule has 0 unspecified atom stereocenters. The monoisotopic (exact) mass is 378 g/mol. The molecule has 3 rings (SSSR count). The third kappa shape index (κ3) is 3.94. The number of carbonyl (C=O) groups is 1. The number of rotatable bonds is 6. The highest BCUT2D eigenvalue weighted by atomic mass is 32.2. The summed E-state index contributed by atoms with van der Waals surface area (Å²) < 4.78 is 27.5. The summed E-state index contributed by atoms with van der Waals surface area (Å²) in [6.45, 7) is 2.80.